The fourth-order valence-corrected chi connectivity index (χ4v) is 3.68. The zero-order chi connectivity index (χ0) is 16.5. The second kappa shape index (κ2) is 15.8. The Labute approximate surface area is 141 Å². The lowest BCUT2D eigenvalue weighted by atomic mass is 9.76. The summed E-state index contributed by atoms with van der Waals surface area (Å²) >= 11 is 0. The molecule has 1 atom stereocenters. The predicted molar refractivity (Wildman–Crippen MR) is 100 cm³/mol. The number of rotatable bonds is 17. The third-order valence-electron chi connectivity index (χ3n) is 5.18. The Morgan fingerprint density at radius 1 is 0.545 bits per heavy atom. The summed E-state index contributed by atoms with van der Waals surface area (Å²) in [5.41, 5.74) is 0.619. The summed E-state index contributed by atoms with van der Waals surface area (Å²) in [4.78, 5) is 0. The average molecular weight is 313 g/mol. The summed E-state index contributed by atoms with van der Waals surface area (Å²) in [5.74, 6) is 0. The molecule has 0 aliphatic carbocycles. The lowest BCUT2D eigenvalue weighted by Crippen LogP contribution is -2.16. The minimum Gasteiger partial charge on any atom is -0.396 e. The van der Waals surface area contributed by atoms with Crippen LogP contribution in [-0.2, 0) is 0 Å². The van der Waals surface area contributed by atoms with E-state index in [1.165, 1.54) is 96.3 Å². The van der Waals surface area contributed by atoms with E-state index in [1.54, 1.807) is 0 Å². The molecule has 22 heavy (non-hydrogen) atoms. The molecule has 0 bridgehead atoms. The van der Waals surface area contributed by atoms with Crippen molar-refractivity contribution in [3.63, 3.8) is 0 Å². The van der Waals surface area contributed by atoms with Crippen LogP contribution in [0, 0.1) is 5.41 Å². The first kappa shape index (κ1) is 22.0. The van der Waals surface area contributed by atoms with Gasteiger partial charge in [-0.2, -0.15) is 0 Å². The lowest BCUT2D eigenvalue weighted by Gasteiger charge is -2.29. The zero-order valence-electron chi connectivity index (χ0n) is 16.0. The molecule has 1 nitrogen and oxygen atoms in total. The predicted octanol–water partition coefficient (Wildman–Crippen LogP) is 7.27. The van der Waals surface area contributed by atoms with Crippen LogP contribution >= 0.6 is 0 Å². The van der Waals surface area contributed by atoms with Crippen LogP contribution in [0.5, 0.6) is 0 Å². The van der Waals surface area contributed by atoms with Crippen molar-refractivity contribution in [2.75, 3.05) is 6.61 Å². The van der Waals surface area contributed by atoms with Crippen molar-refractivity contribution in [3.05, 3.63) is 0 Å². The molecule has 0 amide bonds. The van der Waals surface area contributed by atoms with E-state index in [1.807, 2.05) is 0 Å². The summed E-state index contributed by atoms with van der Waals surface area (Å²) in [5, 5.41) is 8.74. The van der Waals surface area contributed by atoms with Gasteiger partial charge in [0, 0.05) is 6.61 Å². The van der Waals surface area contributed by atoms with Gasteiger partial charge in [0.15, 0.2) is 0 Å². The van der Waals surface area contributed by atoms with Crippen LogP contribution in [0.4, 0.5) is 0 Å². The van der Waals surface area contributed by atoms with Gasteiger partial charge < -0.3 is 5.11 Å². The van der Waals surface area contributed by atoms with Crippen LogP contribution < -0.4 is 0 Å². The van der Waals surface area contributed by atoms with Gasteiger partial charge in [0.25, 0.3) is 0 Å². The third kappa shape index (κ3) is 13.6. The van der Waals surface area contributed by atoms with Crippen LogP contribution in [-0.4, -0.2) is 11.7 Å². The summed E-state index contributed by atoms with van der Waals surface area (Å²) < 4.78 is 0. The fraction of sp³-hybridized carbons (Fsp3) is 1.00. The normalized spacial score (nSPS) is 14.2. The SMILES string of the molecule is CCCCCC(C)(CCC)CCCCCCCCCCCO. The molecule has 1 heteroatoms. The van der Waals surface area contributed by atoms with Crippen LogP contribution in [0.3, 0.4) is 0 Å². The van der Waals surface area contributed by atoms with Crippen molar-refractivity contribution in [1.29, 1.82) is 0 Å². The van der Waals surface area contributed by atoms with Crippen LogP contribution in [0.15, 0.2) is 0 Å². The molecule has 0 fully saturated rings. The van der Waals surface area contributed by atoms with Gasteiger partial charge in [0.2, 0.25) is 0 Å². The molecular formula is C21H44O. The highest BCUT2D eigenvalue weighted by Crippen LogP contribution is 2.35. The summed E-state index contributed by atoms with van der Waals surface area (Å²) in [7, 11) is 0. The van der Waals surface area contributed by atoms with Gasteiger partial charge in [-0.15, -0.1) is 0 Å². The topological polar surface area (TPSA) is 20.2 Å². The monoisotopic (exact) mass is 312 g/mol. The van der Waals surface area contributed by atoms with E-state index in [0.29, 0.717) is 12.0 Å². The minimum atomic E-state index is 0.370. The van der Waals surface area contributed by atoms with E-state index in [9.17, 15) is 0 Å². The highest BCUT2D eigenvalue weighted by Gasteiger charge is 2.21. The van der Waals surface area contributed by atoms with E-state index in [0.717, 1.165) is 6.42 Å². The second-order valence-electron chi connectivity index (χ2n) is 7.67. The molecule has 1 N–H and O–H groups in total. The maximum absolute atomic E-state index is 8.74. The molecule has 0 aromatic carbocycles. The van der Waals surface area contributed by atoms with Crippen molar-refractivity contribution < 1.29 is 5.11 Å². The molecule has 0 aliphatic rings. The molecular weight excluding hydrogens is 268 g/mol. The summed E-state index contributed by atoms with van der Waals surface area (Å²) in [6.07, 6.45) is 21.8. The standard InChI is InChI=1S/C21H44O/c1-4-6-14-18-21(3,17-5-2)19-15-12-10-8-7-9-11-13-16-20-22/h22H,4-20H2,1-3H3. The molecule has 0 aromatic heterocycles. The van der Waals surface area contributed by atoms with Crippen molar-refractivity contribution in [2.24, 2.45) is 5.41 Å². The molecule has 134 valence electrons. The molecule has 0 saturated heterocycles. The number of aliphatic hydroxyl groups is 1. The summed E-state index contributed by atoms with van der Waals surface area (Å²) in [6.45, 7) is 7.55. The first-order valence-electron chi connectivity index (χ1n) is 10.3. The Morgan fingerprint density at radius 2 is 1.00 bits per heavy atom. The molecule has 0 rings (SSSR count). The van der Waals surface area contributed by atoms with Crippen molar-refractivity contribution in [1.82, 2.24) is 0 Å². The molecule has 0 aliphatic heterocycles. The Bertz CT molecular complexity index is 214. The van der Waals surface area contributed by atoms with E-state index >= 15 is 0 Å². The maximum atomic E-state index is 8.74. The molecule has 0 aromatic rings. The molecule has 0 spiro atoms. The Balaban J connectivity index is 3.55. The first-order chi connectivity index (χ1) is 10.7. The second-order valence-corrected chi connectivity index (χ2v) is 7.67. The van der Waals surface area contributed by atoms with Gasteiger partial charge >= 0.3 is 0 Å². The fourth-order valence-electron chi connectivity index (χ4n) is 3.68. The van der Waals surface area contributed by atoms with E-state index < -0.39 is 0 Å². The van der Waals surface area contributed by atoms with E-state index in [-0.39, 0.29) is 0 Å². The highest BCUT2D eigenvalue weighted by atomic mass is 16.2. The Morgan fingerprint density at radius 3 is 1.45 bits per heavy atom. The number of hydrogen-bond acceptors (Lipinski definition) is 1. The molecule has 0 radical (unpaired) electrons. The maximum Gasteiger partial charge on any atom is 0.0431 e. The zero-order valence-corrected chi connectivity index (χ0v) is 16.0. The van der Waals surface area contributed by atoms with Crippen LogP contribution in [0.1, 0.15) is 124 Å². The van der Waals surface area contributed by atoms with Crippen molar-refractivity contribution in [3.8, 4) is 0 Å². The molecule has 0 heterocycles. The van der Waals surface area contributed by atoms with Gasteiger partial charge in [0.05, 0.1) is 0 Å². The Hall–Kier alpha value is -0.0400. The minimum absolute atomic E-state index is 0.370. The number of unbranched alkanes of at least 4 members (excludes halogenated alkanes) is 10. The van der Waals surface area contributed by atoms with E-state index in [2.05, 4.69) is 20.8 Å². The van der Waals surface area contributed by atoms with Crippen molar-refractivity contribution >= 4 is 0 Å². The third-order valence-corrected chi connectivity index (χ3v) is 5.18. The lowest BCUT2D eigenvalue weighted by molar-refractivity contribution is 0.229. The van der Waals surface area contributed by atoms with Gasteiger partial charge in [-0.3, -0.25) is 0 Å². The molecule has 1 unspecified atom stereocenters. The van der Waals surface area contributed by atoms with Gasteiger partial charge in [-0.05, 0) is 31.1 Å². The van der Waals surface area contributed by atoms with Gasteiger partial charge in [-0.25, -0.2) is 0 Å². The first-order valence-corrected chi connectivity index (χ1v) is 10.3. The highest BCUT2D eigenvalue weighted by molar-refractivity contribution is 4.74. The van der Waals surface area contributed by atoms with Crippen LogP contribution in [0.25, 0.3) is 0 Å². The average Bonchev–Trinajstić information content (AvgIpc) is 2.50. The Kier molecular flexibility index (Phi) is 15.8. The summed E-state index contributed by atoms with van der Waals surface area (Å²) in [6, 6.07) is 0. The molecule has 0 saturated carbocycles. The number of hydrogen-bond donors (Lipinski definition) is 1. The largest absolute Gasteiger partial charge is 0.396 e. The quantitative estimate of drug-likeness (QED) is 0.280. The van der Waals surface area contributed by atoms with Gasteiger partial charge in [0.1, 0.15) is 0 Å². The van der Waals surface area contributed by atoms with Crippen molar-refractivity contribution in [2.45, 2.75) is 124 Å². The number of aliphatic hydroxyl groups excluding tert-OH is 1. The van der Waals surface area contributed by atoms with E-state index in [4.69, 9.17) is 5.11 Å². The van der Waals surface area contributed by atoms with Crippen LogP contribution in [0.2, 0.25) is 0 Å². The smallest absolute Gasteiger partial charge is 0.0431 e. The van der Waals surface area contributed by atoms with Gasteiger partial charge in [-0.1, -0.05) is 97.8 Å².